The molecule has 0 fully saturated rings. The van der Waals surface area contributed by atoms with Gasteiger partial charge in [0.2, 0.25) is 5.91 Å². The zero-order chi connectivity index (χ0) is 21.3. The van der Waals surface area contributed by atoms with Crippen molar-refractivity contribution in [2.24, 2.45) is 5.73 Å². The second-order valence-corrected chi connectivity index (χ2v) is 7.58. The molecule has 0 spiro atoms. The third-order valence-electron chi connectivity index (χ3n) is 5.25. The van der Waals surface area contributed by atoms with Gasteiger partial charge in [0.05, 0.1) is 31.5 Å². The second kappa shape index (κ2) is 8.38. The van der Waals surface area contributed by atoms with Gasteiger partial charge >= 0.3 is 0 Å². The third kappa shape index (κ3) is 3.99. The highest BCUT2D eigenvalue weighted by Gasteiger charge is 2.17. The Balaban J connectivity index is 1.65. The number of rotatable bonds is 6. The van der Waals surface area contributed by atoms with Crippen LogP contribution in [0, 0.1) is 0 Å². The lowest BCUT2D eigenvalue weighted by atomic mass is 10.0. The molecule has 1 aliphatic heterocycles. The number of nitrogens with zero attached hydrogens (tertiary/aromatic N) is 3. The largest absolute Gasteiger partial charge is 0.496 e. The molecule has 2 aromatic heterocycles. The summed E-state index contributed by atoms with van der Waals surface area (Å²) in [6.07, 6.45) is 6.95. The fourth-order valence-electron chi connectivity index (χ4n) is 3.71. The molecular formula is C22H23ClN4O3. The van der Waals surface area contributed by atoms with Crippen LogP contribution in [0.15, 0.2) is 42.7 Å². The number of halogens is 1. The molecule has 0 saturated heterocycles. The summed E-state index contributed by atoms with van der Waals surface area (Å²) in [7, 11) is 3.18. The van der Waals surface area contributed by atoms with Gasteiger partial charge < -0.3 is 19.6 Å². The molecule has 0 saturated carbocycles. The molecule has 1 amide bonds. The van der Waals surface area contributed by atoms with E-state index in [2.05, 4.69) is 18.2 Å². The van der Waals surface area contributed by atoms with Crippen LogP contribution in [0.3, 0.4) is 0 Å². The molecule has 156 valence electrons. The van der Waals surface area contributed by atoms with Crippen LogP contribution in [-0.4, -0.2) is 54.0 Å². The fraction of sp³-hybridized carbons (Fsp3) is 0.273. The molecule has 3 aromatic rings. The van der Waals surface area contributed by atoms with E-state index in [-0.39, 0.29) is 5.91 Å². The number of methoxy groups -OCH3 is 2. The summed E-state index contributed by atoms with van der Waals surface area (Å²) in [5.74, 6) is 0.898. The van der Waals surface area contributed by atoms with Gasteiger partial charge in [0.15, 0.2) is 0 Å². The SMILES string of the molecule is COc1cc(OC)c(-c2cn3ccc(C4=CCN(CC(N)=O)CC4)cc3n2)cc1Cl. The predicted molar refractivity (Wildman–Crippen MR) is 117 cm³/mol. The van der Waals surface area contributed by atoms with E-state index in [1.807, 2.05) is 21.7 Å². The molecular weight excluding hydrogens is 404 g/mol. The molecule has 0 unspecified atom stereocenters. The van der Waals surface area contributed by atoms with Crippen LogP contribution in [0.5, 0.6) is 11.5 Å². The summed E-state index contributed by atoms with van der Waals surface area (Å²) >= 11 is 6.32. The molecule has 4 rings (SSSR count). The Morgan fingerprint density at radius 2 is 2.03 bits per heavy atom. The topological polar surface area (TPSA) is 82.1 Å². The fourth-order valence-corrected chi connectivity index (χ4v) is 3.95. The van der Waals surface area contributed by atoms with E-state index in [1.165, 1.54) is 5.57 Å². The van der Waals surface area contributed by atoms with Gasteiger partial charge in [-0.2, -0.15) is 0 Å². The van der Waals surface area contributed by atoms with Crippen LogP contribution in [-0.2, 0) is 4.79 Å². The van der Waals surface area contributed by atoms with E-state index in [9.17, 15) is 4.79 Å². The molecule has 1 aliphatic rings. The maximum absolute atomic E-state index is 11.1. The van der Waals surface area contributed by atoms with Gasteiger partial charge in [-0.15, -0.1) is 0 Å². The standard InChI is InChI=1S/C22H23ClN4O3/c1-29-19-11-20(30-2)17(23)10-16(19)18-12-27-8-5-15(9-22(27)25-18)14-3-6-26(7-4-14)13-21(24)28/h3,5,8-12H,4,6-7,13H2,1-2H3,(H2,24,28). The molecule has 2 N–H and O–H groups in total. The van der Waals surface area contributed by atoms with Crippen LogP contribution in [0.1, 0.15) is 12.0 Å². The molecule has 30 heavy (non-hydrogen) atoms. The molecule has 0 radical (unpaired) electrons. The molecule has 0 bridgehead atoms. The maximum Gasteiger partial charge on any atom is 0.231 e. The lowest BCUT2D eigenvalue weighted by Crippen LogP contribution is -2.36. The first kappa shape index (κ1) is 20.3. The van der Waals surface area contributed by atoms with Gasteiger partial charge in [-0.3, -0.25) is 9.69 Å². The van der Waals surface area contributed by atoms with Crippen molar-refractivity contribution < 1.29 is 14.3 Å². The van der Waals surface area contributed by atoms with Crippen molar-refractivity contribution in [2.75, 3.05) is 33.9 Å². The first-order chi connectivity index (χ1) is 14.5. The number of hydrogen-bond donors (Lipinski definition) is 1. The number of primary amides is 1. The number of fused-ring (bicyclic) bond motifs is 1. The Kier molecular flexibility index (Phi) is 5.65. The van der Waals surface area contributed by atoms with Crippen molar-refractivity contribution in [2.45, 2.75) is 6.42 Å². The first-order valence-electron chi connectivity index (χ1n) is 9.59. The second-order valence-electron chi connectivity index (χ2n) is 7.17. The van der Waals surface area contributed by atoms with Crippen molar-refractivity contribution in [3.05, 3.63) is 53.3 Å². The Labute approximate surface area is 179 Å². The number of amides is 1. The number of aromatic nitrogens is 2. The van der Waals surface area contributed by atoms with Crippen molar-refractivity contribution in [1.82, 2.24) is 14.3 Å². The normalized spacial score (nSPS) is 14.6. The van der Waals surface area contributed by atoms with E-state index in [0.29, 0.717) is 29.6 Å². The van der Waals surface area contributed by atoms with E-state index in [1.54, 1.807) is 26.4 Å². The quantitative estimate of drug-likeness (QED) is 0.654. The van der Waals surface area contributed by atoms with Gasteiger partial charge in [0.1, 0.15) is 17.1 Å². The van der Waals surface area contributed by atoms with E-state index >= 15 is 0 Å². The summed E-state index contributed by atoms with van der Waals surface area (Å²) in [6.45, 7) is 1.81. The molecule has 8 heteroatoms. The lowest BCUT2D eigenvalue weighted by molar-refractivity contribution is -0.119. The highest BCUT2D eigenvalue weighted by molar-refractivity contribution is 6.32. The molecule has 3 heterocycles. The van der Waals surface area contributed by atoms with Crippen LogP contribution >= 0.6 is 11.6 Å². The zero-order valence-electron chi connectivity index (χ0n) is 16.9. The average Bonchev–Trinajstić information content (AvgIpc) is 3.17. The van der Waals surface area contributed by atoms with Crippen molar-refractivity contribution in [1.29, 1.82) is 0 Å². The Morgan fingerprint density at radius 1 is 1.23 bits per heavy atom. The van der Waals surface area contributed by atoms with Gasteiger partial charge in [0, 0.05) is 37.1 Å². The number of ether oxygens (including phenoxy) is 2. The predicted octanol–water partition coefficient (Wildman–Crippen LogP) is 3.25. The summed E-state index contributed by atoms with van der Waals surface area (Å²) in [4.78, 5) is 17.9. The number of hydrogen-bond acceptors (Lipinski definition) is 5. The minimum absolute atomic E-state index is 0.290. The van der Waals surface area contributed by atoms with E-state index < -0.39 is 0 Å². The highest BCUT2D eigenvalue weighted by Crippen LogP contribution is 2.38. The number of carbonyl (C=O) groups excluding carboxylic acids is 1. The minimum atomic E-state index is -0.299. The smallest absolute Gasteiger partial charge is 0.231 e. The highest BCUT2D eigenvalue weighted by atomic mass is 35.5. The van der Waals surface area contributed by atoms with Crippen LogP contribution in [0.2, 0.25) is 5.02 Å². The van der Waals surface area contributed by atoms with Crippen molar-refractivity contribution in [3.63, 3.8) is 0 Å². The van der Waals surface area contributed by atoms with E-state index in [4.69, 9.17) is 31.8 Å². The van der Waals surface area contributed by atoms with Crippen molar-refractivity contribution in [3.8, 4) is 22.8 Å². The summed E-state index contributed by atoms with van der Waals surface area (Å²) in [5, 5.41) is 0.499. The lowest BCUT2D eigenvalue weighted by Gasteiger charge is -2.25. The number of carbonyl (C=O) groups is 1. The first-order valence-corrected chi connectivity index (χ1v) is 9.97. The minimum Gasteiger partial charge on any atom is -0.496 e. The molecule has 0 atom stereocenters. The number of benzene rings is 1. The van der Waals surface area contributed by atoms with Crippen LogP contribution < -0.4 is 15.2 Å². The summed E-state index contributed by atoms with van der Waals surface area (Å²) in [6, 6.07) is 7.71. The number of nitrogens with two attached hydrogens (primary N) is 1. The van der Waals surface area contributed by atoms with Gasteiger partial charge in [-0.25, -0.2) is 4.98 Å². The maximum atomic E-state index is 11.1. The Hall–Kier alpha value is -3.03. The van der Waals surface area contributed by atoms with Crippen LogP contribution in [0.25, 0.3) is 22.5 Å². The number of imidazole rings is 1. The molecule has 0 aliphatic carbocycles. The van der Waals surface area contributed by atoms with Gasteiger partial charge in [0.25, 0.3) is 0 Å². The van der Waals surface area contributed by atoms with Gasteiger partial charge in [-0.1, -0.05) is 17.7 Å². The van der Waals surface area contributed by atoms with Crippen molar-refractivity contribution >= 4 is 28.7 Å². The Bertz CT molecular complexity index is 1140. The number of pyridine rings is 1. The van der Waals surface area contributed by atoms with E-state index in [0.717, 1.165) is 35.4 Å². The average molecular weight is 427 g/mol. The molecule has 7 nitrogen and oxygen atoms in total. The Morgan fingerprint density at radius 3 is 2.70 bits per heavy atom. The summed E-state index contributed by atoms with van der Waals surface area (Å²) < 4.78 is 12.8. The monoisotopic (exact) mass is 426 g/mol. The third-order valence-corrected chi connectivity index (χ3v) is 5.55. The van der Waals surface area contributed by atoms with Gasteiger partial charge in [-0.05, 0) is 35.8 Å². The van der Waals surface area contributed by atoms with Crippen LogP contribution in [0.4, 0.5) is 0 Å². The molecule has 1 aromatic carbocycles. The summed E-state index contributed by atoms with van der Waals surface area (Å²) in [5.41, 5.74) is 10.0. The zero-order valence-corrected chi connectivity index (χ0v) is 17.6.